The molecule has 0 aromatic carbocycles. The number of alkyl halides is 2. The first-order chi connectivity index (χ1) is 4.34. The van der Waals surface area contributed by atoms with Gasteiger partial charge in [0.25, 0.3) is 0 Å². The van der Waals surface area contributed by atoms with Crippen LogP contribution >= 0.6 is 15.9 Å². The predicted molar refractivity (Wildman–Crippen MR) is 36.4 cm³/mol. The van der Waals surface area contributed by atoms with E-state index >= 15 is 0 Å². The van der Waals surface area contributed by atoms with Gasteiger partial charge in [-0.25, -0.2) is 4.39 Å². The van der Waals surface area contributed by atoms with Crippen molar-refractivity contribution in [2.24, 2.45) is 0 Å². The van der Waals surface area contributed by atoms with Crippen molar-refractivity contribution in [2.75, 3.05) is 5.33 Å². The maximum Gasteiger partial charge on any atom is 0.167 e. The summed E-state index contributed by atoms with van der Waals surface area (Å²) in [5.74, 6) is 0.381. The lowest BCUT2D eigenvalue weighted by atomic mass is 10.3. The average molecular weight is 193 g/mol. The monoisotopic (exact) mass is 192 g/mol. The van der Waals surface area contributed by atoms with Crippen molar-refractivity contribution in [1.82, 2.24) is 0 Å². The summed E-state index contributed by atoms with van der Waals surface area (Å²) in [6, 6.07) is 3.29. The van der Waals surface area contributed by atoms with Crippen LogP contribution in [-0.4, -0.2) is 5.33 Å². The van der Waals surface area contributed by atoms with Crippen LogP contribution in [0.3, 0.4) is 0 Å². The summed E-state index contributed by atoms with van der Waals surface area (Å²) in [5.41, 5.74) is 0. The third-order valence-corrected chi connectivity index (χ3v) is 1.56. The summed E-state index contributed by atoms with van der Waals surface area (Å²) in [6.45, 7) is 0. The minimum absolute atomic E-state index is 0.292. The molecule has 0 amide bonds. The molecule has 0 aliphatic carbocycles. The quantitative estimate of drug-likeness (QED) is 0.658. The molecule has 1 atom stereocenters. The molecule has 1 aromatic rings. The first kappa shape index (κ1) is 6.81. The van der Waals surface area contributed by atoms with Gasteiger partial charge in [0, 0.05) is 5.33 Å². The van der Waals surface area contributed by atoms with E-state index in [0.717, 1.165) is 0 Å². The maximum absolute atomic E-state index is 12.6. The minimum Gasteiger partial charge on any atom is -0.466 e. The van der Waals surface area contributed by atoms with E-state index in [1.165, 1.54) is 6.26 Å². The van der Waals surface area contributed by atoms with E-state index in [4.69, 9.17) is 4.42 Å². The van der Waals surface area contributed by atoms with Gasteiger partial charge in [-0.3, -0.25) is 0 Å². The highest BCUT2D eigenvalue weighted by Gasteiger charge is 2.08. The Morgan fingerprint density at radius 1 is 1.78 bits per heavy atom. The molecule has 0 radical (unpaired) electrons. The van der Waals surface area contributed by atoms with Crippen LogP contribution in [0.25, 0.3) is 0 Å². The number of rotatable bonds is 2. The van der Waals surface area contributed by atoms with E-state index in [0.29, 0.717) is 11.1 Å². The van der Waals surface area contributed by atoms with Crippen LogP contribution < -0.4 is 0 Å². The molecule has 0 saturated carbocycles. The topological polar surface area (TPSA) is 13.1 Å². The van der Waals surface area contributed by atoms with Gasteiger partial charge in [0.2, 0.25) is 0 Å². The Morgan fingerprint density at radius 2 is 2.56 bits per heavy atom. The molecule has 1 aromatic heterocycles. The van der Waals surface area contributed by atoms with Crippen molar-refractivity contribution in [3.63, 3.8) is 0 Å². The van der Waals surface area contributed by atoms with Gasteiger partial charge in [-0.1, -0.05) is 15.9 Å². The van der Waals surface area contributed by atoms with Crippen molar-refractivity contribution < 1.29 is 8.81 Å². The zero-order valence-corrected chi connectivity index (χ0v) is 6.27. The molecule has 0 fully saturated rings. The first-order valence-corrected chi connectivity index (χ1v) is 3.70. The fourth-order valence-electron chi connectivity index (χ4n) is 0.546. The average Bonchev–Trinajstić information content (AvgIpc) is 2.37. The van der Waals surface area contributed by atoms with E-state index < -0.39 is 6.17 Å². The van der Waals surface area contributed by atoms with Crippen molar-refractivity contribution in [1.29, 1.82) is 0 Å². The Hall–Kier alpha value is -0.310. The zero-order chi connectivity index (χ0) is 6.69. The first-order valence-electron chi connectivity index (χ1n) is 2.58. The van der Waals surface area contributed by atoms with Crippen LogP contribution in [0, 0.1) is 0 Å². The molecular weight excluding hydrogens is 187 g/mol. The summed E-state index contributed by atoms with van der Waals surface area (Å²) in [5, 5.41) is 0.292. The summed E-state index contributed by atoms with van der Waals surface area (Å²) in [6.07, 6.45) is 0.449. The van der Waals surface area contributed by atoms with Gasteiger partial charge in [0.15, 0.2) is 6.17 Å². The summed E-state index contributed by atoms with van der Waals surface area (Å²) >= 11 is 3.00. The highest BCUT2D eigenvalue weighted by atomic mass is 79.9. The van der Waals surface area contributed by atoms with E-state index in [1.807, 2.05) is 0 Å². The molecule has 0 bridgehead atoms. The standard InChI is InChI=1S/C6H6BrFO/c7-4-5(8)6-2-1-3-9-6/h1-3,5H,4H2/t5-/m1/s1. The molecule has 50 valence electrons. The van der Waals surface area contributed by atoms with E-state index in [9.17, 15) is 4.39 Å². The SMILES string of the molecule is F[C@H](CBr)c1ccco1. The molecule has 0 aliphatic heterocycles. The van der Waals surface area contributed by atoms with Gasteiger partial charge >= 0.3 is 0 Å². The van der Waals surface area contributed by atoms with Gasteiger partial charge in [0.05, 0.1) is 6.26 Å². The molecular formula is C6H6BrFO. The van der Waals surface area contributed by atoms with Crippen molar-refractivity contribution in [3.05, 3.63) is 24.2 Å². The Labute approximate surface area is 61.0 Å². The lowest BCUT2D eigenvalue weighted by molar-refractivity contribution is 0.316. The largest absolute Gasteiger partial charge is 0.466 e. The van der Waals surface area contributed by atoms with Crippen molar-refractivity contribution >= 4 is 15.9 Å². The highest BCUT2D eigenvalue weighted by molar-refractivity contribution is 9.09. The second-order valence-corrected chi connectivity index (χ2v) is 2.28. The van der Waals surface area contributed by atoms with E-state index in [2.05, 4.69) is 15.9 Å². The van der Waals surface area contributed by atoms with Gasteiger partial charge in [-0.05, 0) is 12.1 Å². The molecule has 0 spiro atoms. The fraction of sp³-hybridized carbons (Fsp3) is 0.333. The van der Waals surface area contributed by atoms with Gasteiger partial charge in [0.1, 0.15) is 5.76 Å². The van der Waals surface area contributed by atoms with Crippen LogP contribution in [0.15, 0.2) is 22.8 Å². The second-order valence-electron chi connectivity index (χ2n) is 1.64. The molecule has 1 nitrogen and oxygen atoms in total. The van der Waals surface area contributed by atoms with Gasteiger partial charge < -0.3 is 4.42 Å². The molecule has 0 N–H and O–H groups in total. The van der Waals surface area contributed by atoms with Crippen LogP contribution in [0.5, 0.6) is 0 Å². The molecule has 9 heavy (non-hydrogen) atoms. The van der Waals surface area contributed by atoms with Crippen molar-refractivity contribution in [3.8, 4) is 0 Å². The Morgan fingerprint density at radius 3 is 3.00 bits per heavy atom. The Bertz CT molecular complexity index is 162. The smallest absolute Gasteiger partial charge is 0.167 e. The molecule has 0 aliphatic rings. The van der Waals surface area contributed by atoms with Crippen molar-refractivity contribution in [2.45, 2.75) is 6.17 Å². The van der Waals surface area contributed by atoms with Gasteiger partial charge in [-0.15, -0.1) is 0 Å². The minimum atomic E-state index is -1.01. The predicted octanol–water partition coefficient (Wildman–Crippen LogP) is 2.69. The van der Waals surface area contributed by atoms with Crippen LogP contribution in [0.4, 0.5) is 4.39 Å². The lowest BCUT2D eigenvalue weighted by Gasteiger charge is -1.95. The molecule has 0 unspecified atom stereocenters. The van der Waals surface area contributed by atoms with Crippen LogP contribution in [-0.2, 0) is 0 Å². The zero-order valence-electron chi connectivity index (χ0n) is 4.68. The summed E-state index contributed by atoms with van der Waals surface area (Å²) in [7, 11) is 0. The number of hydrogen-bond donors (Lipinski definition) is 0. The maximum atomic E-state index is 12.6. The summed E-state index contributed by atoms with van der Waals surface area (Å²) in [4.78, 5) is 0. The molecule has 3 heteroatoms. The number of halogens is 2. The van der Waals surface area contributed by atoms with E-state index in [1.54, 1.807) is 12.1 Å². The lowest BCUT2D eigenvalue weighted by Crippen LogP contribution is -1.87. The molecule has 1 rings (SSSR count). The Kier molecular flexibility index (Phi) is 2.28. The Balaban J connectivity index is 2.65. The molecule has 0 saturated heterocycles. The van der Waals surface area contributed by atoms with E-state index in [-0.39, 0.29) is 0 Å². The number of hydrogen-bond acceptors (Lipinski definition) is 1. The second kappa shape index (κ2) is 3.01. The third kappa shape index (κ3) is 1.55. The molecule has 1 heterocycles. The fourth-order valence-corrected chi connectivity index (χ4v) is 0.865. The number of furan rings is 1. The summed E-state index contributed by atoms with van der Waals surface area (Å²) < 4.78 is 17.3. The normalized spacial score (nSPS) is 13.6. The van der Waals surface area contributed by atoms with Gasteiger partial charge in [-0.2, -0.15) is 0 Å². The van der Waals surface area contributed by atoms with Crippen LogP contribution in [0.1, 0.15) is 11.9 Å². The van der Waals surface area contributed by atoms with Crippen LogP contribution in [0.2, 0.25) is 0 Å². The third-order valence-electron chi connectivity index (χ3n) is 0.987. The highest BCUT2D eigenvalue weighted by Crippen LogP contribution is 2.18.